The quantitative estimate of drug-likeness (QED) is 0.563. The zero-order chi connectivity index (χ0) is 22.9. The number of hydrogen-bond acceptors (Lipinski definition) is 4. The van der Waals surface area contributed by atoms with Gasteiger partial charge in [0.15, 0.2) is 0 Å². The van der Waals surface area contributed by atoms with E-state index in [9.17, 15) is 0 Å². The lowest BCUT2D eigenvalue weighted by Crippen LogP contribution is -2.28. The van der Waals surface area contributed by atoms with Crippen LogP contribution in [0, 0.1) is 0 Å². The van der Waals surface area contributed by atoms with Crippen LogP contribution in [0.2, 0.25) is 0 Å². The van der Waals surface area contributed by atoms with Gasteiger partial charge in [0.05, 0.1) is 0 Å². The molecule has 4 nitrogen and oxygen atoms in total. The Morgan fingerprint density at radius 3 is 1.39 bits per heavy atom. The van der Waals surface area contributed by atoms with Gasteiger partial charge in [-0.25, -0.2) is 0 Å². The van der Waals surface area contributed by atoms with Crippen molar-refractivity contribution in [3.05, 3.63) is 47.5 Å². The smallest absolute Gasteiger partial charge is 0.120 e. The fraction of sp³-hybridized carbons (Fsp3) is 0.556. The molecule has 0 aromatic heterocycles. The van der Waals surface area contributed by atoms with Gasteiger partial charge < -0.3 is 20.9 Å². The van der Waals surface area contributed by atoms with Crippen LogP contribution in [0.5, 0.6) is 11.5 Å². The van der Waals surface area contributed by atoms with Crippen LogP contribution in [0.15, 0.2) is 36.4 Å². The van der Waals surface area contributed by atoms with Crippen molar-refractivity contribution in [1.82, 2.24) is 0 Å². The Labute approximate surface area is 188 Å². The molecule has 1 aliphatic rings. The van der Waals surface area contributed by atoms with E-state index in [1.54, 1.807) is 0 Å². The van der Waals surface area contributed by atoms with Crippen LogP contribution in [-0.2, 0) is 5.41 Å². The van der Waals surface area contributed by atoms with E-state index in [0.29, 0.717) is 13.1 Å². The summed E-state index contributed by atoms with van der Waals surface area (Å²) in [6.45, 7) is 13.9. The summed E-state index contributed by atoms with van der Waals surface area (Å²) < 4.78 is 12.5. The molecule has 0 aliphatic heterocycles. The van der Waals surface area contributed by atoms with Crippen LogP contribution < -0.4 is 20.9 Å². The first-order valence-electron chi connectivity index (χ1n) is 11.6. The minimum Gasteiger partial charge on any atom is -0.488 e. The number of rotatable bonds is 8. The maximum atomic E-state index is 6.24. The fourth-order valence-corrected chi connectivity index (χ4v) is 4.76. The summed E-state index contributed by atoms with van der Waals surface area (Å²) in [5.74, 6) is 1.82. The van der Waals surface area contributed by atoms with Gasteiger partial charge in [-0.05, 0) is 127 Å². The molecular formula is C27H40N2O2. The van der Waals surface area contributed by atoms with Gasteiger partial charge in [0.1, 0.15) is 22.7 Å². The zero-order valence-corrected chi connectivity index (χ0v) is 20.2. The standard InChI is InChI=1S/C27H40N2O2/c1-25(2,3)30-19-9-11-21-22-12-10-20(31-26(4,5)6)18-24(22)27(13-7-15-28,14-8-16-29)23(21)17-19/h9-12,17-18H,7-8,13-16,28-29H2,1-6H3. The Hall–Kier alpha value is -2.04. The van der Waals surface area contributed by atoms with E-state index in [1.165, 1.54) is 22.3 Å². The largest absolute Gasteiger partial charge is 0.488 e. The molecule has 4 heteroatoms. The second-order valence-electron chi connectivity index (χ2n) is 10.7. The third-order valence-electron chi connectivity index (χ3n) is 5.77. The molecule has 31 heavy (non-hydrogen) atoms. The van der Waals surface area contributed by atoms with Crippen LogP contribution in [0.25, 0.3) is 11.1 Å². The summed E-state index contributed by atoms with van der Waals surface area (Å²) in [6.07, 6.45) is 3.89. The van der Waals surface area contributed by atoms with Crippen LogP contribution in [0.4, 0.5) is 0 Å². The van der Waals surface area contributed by atoms with Crippen molar-refractivity contribution in [2.45, 2.75) is 83.8 Å². The molecule has 0 radical (unpaired) electrons. The second-order valence-corrected chi connectivity index (χ2v) is 10.7. The van der Waals surface area contributed by atoms with Gasteiger partial charge in [-0.2, -0.15) is 0 Å². The third kappa shape index (κ3) is 5.24. The Bertz CT molecular complexity index is 831. The predicted molar refractivity (Wildman–Crippen MR) is 130 cm³/mol. The minimum absolute atomic E-state index is 0.127. The van der Waals surface area contributed by atoms with Gasteiger partial charge in [0.2, 0.25) is 0 Å². The Morgan fingerprint density at radius 1 is 0.677 bits per heavy atom. The fourth-order valence-electron chi connectivity index (χ4n) is 4.76. The van der Waals surface area contributed by atoms with Gasteiger partial charge >= 0.3 is 0 Å². The molecule has 3 rings (SSSR count). The average molecular weight is 425 g/mol. The summed E-state index contributed by atoms with van der Waals surface area (Å²) in [5.41, 5.74) is 16.6. The maximum Gasteiger partial charge on any atom is 0.120 e. The lowest BCUT2D eigenvalue weighted by Gasteiger charge is -2.33. The normalized spacial score (nSPS) is 14.8. The second kappa shape index (κ2) is 8.84. The number of ether oxygens (including phenoxy) is 2. The van der Waals surface area contributed by atoms with Gasteiger partial charge in [0.25, 0.3) is 0 Å². The minimum atomic E-state index is -0.245. The topological polar surface area (TPSA) is 70.5 Å². The lowest BCUT2D eigenvalue weighted by atomic mass is 9.71. The molecule has 0 unspecified atom stereocenters. The number of fused-ring (bicyclic) bond motifs is 3. The molecule has 0 saturated carbocycles. The molecule has 170 valence electrons. The van der Waals surface area contributed by atoms with Crippen molar-refractivity contribution in [3.63, 3.8) is 0 Å². The highest BCUT2D eigenvalue weighted by Crippen LogP contribution is 2.55. The Balaban J connectivity index is 2.18. The highest BCUT2D eigenvalue weighted by Gasteiger charge is 2.43. The SMILES string of the molecule is CC(C)(C)Oc1ccc2c(c1)C(CCCN)(CCCN)c1cc(OC(C)(C)C)ccc1-2. The summed E-state index contributed by atoms with van der Waals surface area (Å²) in [5, 5.41) is 0. The van der Waals surface area contributed by atoms with E-state index in [0.717, 1.165) is 37.2 Å². The third-order valence-corrected chi connectivity index (χ3v) is 5.77. The van der Waals surface area contributed by atoms with Gasteiger partial charge in [0, 0.05) is 5.41 Å². The molecule has 2 aromatic carbocycles. The molecule has 0 amide bonds. The van der Waals surface area contributed by atoms with Crippen molar-refractivity contribution in [1.29, 1.82) is 0 Å². The first kappa shape index (κ1) is 23.6. The van der Waals surface area contributed by atoms with Crippen LogP contribution >= 0.6 is 0 Å². The van der Waals surface area contributed by atoms with Crippen molar-refractivity contribution < 1.29 is 9.47 Å². The van der Waals surface area contributed by atoms with Gasteiger partial charge in [-0.1, -0.05) is 12.1 Å². The summed E-state index contributed by atoms with van der Waals surface area (Å²) in [7, 11) is 0. The van der Waals surface area contributed by atoms with E-state index in [4.69, 9.17) is 20.9 Å². The molecule has 0 bridgehead atoms. The average Bonchev–Trinajstić information content (AvgIpc) is 2.91. The Morgan fingerprint density at radius 2 is 1.06 bits per heavy atom. The van der Waals surface area contributed by atoms with Crippen molar-refractivity contribution in [3.8, 4) is 22.6 Å². The predicted octanol–water partition coefficient (Wildman–Crippen LogP) is 5.79. The number of hydrogen-bond donors (Lipinski definition) is 2. The summed E-state index contributed by atoms with van der Waals surface area (Å²) >= 11 is 0. The maximum absolute atomic E-state index is 6.24. The molecule has 0 heterocycles. The Kier molecular flexibility index (Phi) is 6.73. The number of benzene rings is 2. The van der Waals surface area contributed by atoms with Crippen molar-refractivity contribution in [2.24, 2.45) is 11.5 Å². The highest BCUT2D eigenvalue weighted by molar-refractivity contribution is 5.82. The van der Waals surface area contributed by atoms with Crippen LogP contribution in [-0.4, -0.2) is 24.3 Å². The van der Waals surface area contributed by atoms with Gasteiger partial charge in [-0.3, -0.25) is 0 Å². The van der Waals surface area contributed by atoms with Crippen LogP contribution in [0.3, 0.4) is 0 Å². The molecule has 0 atom stereocenters. The lowest BCUT2D eigenvalue weighted by molar-refractivity contribution is 0.130. The zero-order valence-electron chi connectivity index (χ0n) is 20.2. The monoisotopic (exact) mass is 424 g/mol. The molecule has 1 aliphatic carbocycles. The first-order chi connectivity index (χ1) is 14.5. The van der Waals surface area contributed by atoms with E-state index in [-0.39, 0.29) is 16.6 Å². The molecular weight excluding hydrogens is 384 g/mol. The highest BCUT2D eigenvalue weighted by atomic mass is 16.5. The van der Waals surface area contributed by atoms with Gasteiger partial charge in [-0.15, -0.1) is 0 Å². The molecule has 2 aromatic rings. The van der Waals surface area contributed by atoms with Crippen LogP contribution in [0.1, 0.15) is 78.4 Å². The summed E-state index contributed by atoms with van der Waals surface area (Å²) in [6, 6.07) is 13.1. The molecule has 4 N–H and O–H groups in total. The van der Waals surface area contributed by atoms with E-state index < -0.39 is 0 Å². The molecule has 0 saturated heterocycles. The molecule has 0 fully saturated rings. The van der Waals surface area contributed by atoms with Crippen molar-refractivity contribution in [2.75, 3.05) is 13.1 Å². The van der Waals surface area contributed by atoms with E-state index in [2.05, 4.69) is 77.9 Å². The number of nitrogens with two attached hydrogens (primary N) is 2. The van der Waals surface area contributed by atoms with Crippen molar-refractivity contribution >= 4 is 0 Å². The molecule has 0 spiro atoms. The van der Waals surface area contributed by atoms with E-state index in [1.807, 2.05) is 0 Å². The van der Waals surface area contributed by atoms with E-state index >= 15 is 0 Å². The summed E-state index contributed by atoms with van der Waals surface area (Å²) in [4.78, 5) is 0. The first-order valence-corrected chi connectivity index (χ1v) is 11.6.